The summed E-state index contributed by atoms with van der Waals surface area (Å²) in [5.41, 5.74) is 4.60. The largest absolute Gasteiger partial charge is 0.334 e. The zero-order valence-corrected chi connectivity index (χ0v) is 18.5. The molecule has 0 spiro atoms. The predicted octanol–water partition coefficient (Wildman–Crippen LogP) is 4.32. The minimum absolute atomic E-state index is 0.0298. The van der Waals surface area contributed by atoms with Crippen molar-refractivity contribution < 1.29 is 14.4 Å². The molecule has 2 aliphatic heterocycles. The number of hydrogen-bond acceptors (Lipinski definition) is 4. The molecule has 2 N–H and O–H groups in total. The summed E-state index contributed by atoms with van der Waals surface area (Å²) >= 11 is 1.74. The van der Waals surface area contributed by atoms with Gasteiger partial charge in [0.05, 0.1) is 5.92 Å². The fourth-order valence-corrected chi connectivity index (χ4v) is 5.35. The third-order valence-electron chi connectivity index (χ3n) is 6.23. The lowest BCUT2D eigenvalue weighted by molar-refractivity contribution is -0.123. The minimum atomic E-state index is -0.571. The van der Waals surface area contributed by atoms with E-state index >= 15 is 0 Å². The number of amides is 3. The Labute approximate surface area is 190 Å². The van der Waals surface area contributed by atoms with Crippen LogP contribution in [0, 0.1) is 6.92 Å². The van der Waals surface area contributed by atoms with Crippen molar-refractivity contribution in [1.82, 2.24) is 4.90 Å². The van der Waals surface area contributed by atoms with E-state index in [2.05, 4.69) is 22.1 Å². The van der Waals surface area contributed by atoms with Crippen LogP contribution in [0.2, 0.25) is 0 Å². The molecule has 0 fully saturated rings. The van der Waals surface area contributed by atoms with Crippen LogP contribution in [0.3, 0.4) is 0 Å². The molecule has 2 aliphatic rings. The molecule has 0 radical (unpaired) electrons. The molecule has 2 aromatic carbocycles. The second kappa shape index (κ2) is 8.24. The smallest absolute Gasteiger partial charge is 0.254 e. The molecule has 7 heteroatoms. The first-order chi connectivity index (χ1) is 15.5. The van der Waals surface area contributed by atoms with Crippen molar-refractivity contribution in [3.63, 3.8) is 0 Å². The Morgan fingerprint density at radius 2 is 1.97 bits per heavy atom. The topological polar surface area (TPSA) is 78.5 Å². The van der Waals surface area contributed by atoms with Gasteiger partial charge in [0.1, 0.15) is 0 Å². The van der Waals surface area contributed by atoms with E-state index in [0.29, 0.717) is 30.0 Å². The summed E-state index contributed by atoms with van der Waals surface area (Å²) in [6.45, 7) is 3.16. The van der Waals surface area contributed by atoms with Crippen molar-refractivity contribution in [2.24, 2.45) is 0 Å². The van der Waals surface area contributed by atoms with Gasteiger partial charge in [0, 0.05) is 41.3 Å². The Kier molecular flexibility index (Phi) is 5.27. The Balaban J connectivity index is 1.37. The maximum atomic E-state index is 13.3. The van der Waals surface area contributed by atoms with Gasteiger partial charge in [-0.1, -0.05) is 24.3 Å². The maximum absolute atomic E-state index is 13.3. The number of nitrogens with zero attached hydrogens (tertiary/aromatic N) is 1. The van der Waals surface area contributed by atoms with E-state index in [1.165, 1.54) is 10.4 Å². The molecule has 6 nitrogen and oxygen atoms in total. The fraction of sp³-hybridized carbons (Fsp3) is 0.240. The van der Waals surface area contributed by atoms with Crippen molar-refractivity contribution in [3.8, 4) is 0 Å². The minimum Gasteiger partial charge on any atom is -0.334 e. The van der Waals surface area contributed by atoms with Crippen molar-refractivity contribution in [1.29, 1.82) is 0 Å². The normalized spacial score (nSPS) is 17.2. The number of para-hydroxylation sites is 1. The first-order valence-electron chi connectivity index (χ1n) is 10.6. The average Bonchev–Trinajstić information content (AvgIpc) is 3.27. The fourth-order valence-electron chi connectivity index (χ4n) is 4.46. The molecule has 3 aromatic rings. The lowest BCUT2D eigenvalue weighted by Crippen LogP contribution is -2.36. The summed E-state index contributed by atoms with van der Waals surface area (Å²) in [6, 6.07) is 14.8. The van der Waals surface area contributed by atoms with Gasteiger partial charge in [-0.3, -0.25) is 14.4 Å². The van der Waals surface area contributed by atoms with Gasteiger partial charge in [0.25, 0.3) is 5.91 Å². The van der Waals surface area contributed by atoms with E-state index in [4.69, 9.17) is 0 Å². The highest BCUT2D eigenvalue weighted by atomic mass is 32.1. The lowest BCUT2D eigenvalue weighted by Gasteiger charge is -2.28. The molecular weight excluding hydrogens is 422 g/mol. The van der Waals surface area contributed by atoms with Crippen LogP contribution in [0.25, 0.3) is 0 Å². The zero-order valence-electron chi connectivity index (χ0n) is 17.7. The molecule has 0 bridgehead atoms. The third kappa shape index (κ3) is 3.69. The molecule has 0 aliphatic carbocycles. The van der Waals surface area contributed by atoms with Crippen LogP contribution >= 0.6 is 11.3 Å². The number of rotatable bonds is 3. The maximum Gasteiger partial charge on any atom is 0.254 e. The molecule has 1 atom stereocenters. The van der Waals surface area contributed by atoms with Crippen LogP contribution in [0.4, 0.5) is 11.4 Å². The van der Waals surface area contributed by atoms with Crippen molar-refractivity contribution in [3.05, 3.63) is 81.0 Å². The quantitative estimate of drug-likeness (QED) is 0.630. The van der Waals surface area contributed by atoms with Crippen LogP contribution in [0.15, 0.2) is 53.9 Å². The van der Waals surface area contributed by atoms with Gasteiger partial charge in [-0.2, -0.15) is 0 Å². The Bertz CT molecular complexity index is 1230. The van der Waals surface area contributed by atoms with E-state index in [1.807, 2.05) is 30.0 Å². The highest BCUT2D eigenvalue weighted by Crippen LogP contribution is 2.33. The molecule has 32 heavy (non-hydrogen) atoms. The molecule has 0 saturated carbocycles. The van der Waals surface area contributed by atoms with Crippen LogP contribution in [-0.4, -0.2) is 29.2 Å². The molecule has 3 amide bonds. The lowest BCUT2D eigenvalue weighted by atomic mass is 9.89. The zero-order chi connectivity index (χ0) is 22.2. The van der Waals surface area contributed by atoms with Crippen LogP contribution < -0.4 is 10.6 Å². The van der Waals surface area contributed by atoms with E-state index in [9.17, 15) is 14.4 Å². The average molecular weight is 446 g/mol. The number of carbonyl (C=O) groups excluding carboxylic acids is 3. The van der Waals surface area contributed by atoms with Crippen LogP contribution in [0.1, 0.15) is 44.3 Å². The van der Waals surface area contributed by atoms with E-state index < -0.39 is 5.92 Å². The summed E-state index contributed by atoms with van der Waals surface area (Å²) < 4.78 is 0. The summed E-state index contributed by atoms with van der Waals surface area (Å²) in [6.07, 6.45) is 0.967. The van der Waals surface area contributed by atoms with Crippen LogP contribution in [-0.2, 0) is 22.6 Å². The highest BCUT2D eigenvalue weighted by Gasteiger charge is 2.31. The van der Waals surface area contributed by atoms with Gasteiger partial charge < -0.3 is 15.5 Å². The second-order valence-corrected chi connectivity index (χ2v) is 9.21. The van der Waals surface area contributed by atoms with Gasteiger partial charge in [-0.15, -0.1) is 11.3 Å². The Morgan fingerprint density at radius 1 is 1.12 bits per heavy atom. The number of thiophene rings is 1. The van der Waals surface area contributed by atoms with Gasteiger partial charge in [-0.05, 0) is 59.7 Å². The number of fused-ring (bicyclic) bond motifs is 2. The van der Waals surface area contributed by atoms with E-state index in [-0.39, 0.29) is 24.1 Å². The Hall–Kier alpha value is -3.45. The van der Waals surface area contributed by atoms with Gasteiger partial charge in [0.2, 0.25) is 11.8 Å². The number of benzene rings is 2. The van der Waals surface area contributed by atoms with E-state index in [1.54, 1.807) is 35.6 Å². The number of hydrogen-bond donors (Lipinski definition) is 2. The SMILES string of the molecule is Cc1c(NC(=O)[C@@H]2CC(=O)Nc3ccccc32)cccc1C(=O)N1CCc2sccc2C1. The van der Waals surface area contributed by atoms with Crippen molar-refractivity contribution in [2.45, 2.75) is 32.2 Å². The summed E-state index contributed by atoms with van der Waals surface area (Å²) in [5.74, 6) is -1.03. The van der Waals surface area contributed by atoms with Gasteiger partial charge in [-0.25, -0.2) is 0 Å². The summed E-state index contributed by atoms with van der Waals surface area (Å²) in [7, 11) is 0. The van der Waals surface area contributed by atoms with E-state index in [0.717, 1.165) is 17.5 Å². The molecule has 5 rings (SSSR count). The monoisotopic (exact) mass is 445 g/mol. The van der Waals surface area contributed by atoms with Gasteiger partial charge in [0.15, 0.2) is 0 Å². The molecule has 0 unspecified atom stereocenters. The predicted molar refractivity (Wildman–Crippen MR) is 125 cm³/mol. The molecule has 162 valence electrons. The third-order valence-corrected chi connectivity index (χ3v) is 7.26. The summed E-state index contributed by atoms with van der Waals surface area (Å²) in [5, 5.41) is 7.85. The van der Waals surface area contributed by atoms with Gasteiger partial charge >= 0.3 is 0 Å². The molecular formula is C25H23N3O3S. The first kappa shape index (κ1) is 20.5. The molecule has 1 aromatic heterocycles. The summed E-state index contributed by atoms with van der Waals surface area (Å²) in [4.78, 5) is 41.7. The number of carbonyl (C=O) groups is 3. The number of nitrogens with one attached hydrogen (secondary N) is 2. The van der Waals surface area contributed by atoms with Crippen molar-refractivity contribution >= 4 is 40.4 Å². The molecule has 0 saturated heterocycles. The second-order valence-electron chi connectivity index (χ2n) is 8.21. The van der Waals surface area contributed by atoms with Crippen molar-refractivity contribution in [2.75, 3.05) is 17.2 Å². The highest BCUT2D eigenvalue weighted by molar-refractivity contribution is 7.10. The first-order valence-corrected chi connectivity index (χ1v) is 11.5. The molecule has 3 heterocycles. The standard InChI is InChI=1S/C25H23N3O3S/c1-15-17(25(31)28-11-9-22-16(14-28)10-12-32-22)6-4-8-20(15)27-24(30)19-13-23(29)26-21-7-3-2-5-18(19)21/h2-8,10,12,19H,9,11,13-14H2,1H3,(H,26,29)(H,27,30)/t19-/m1/s1. The van der Waals surface area contributed by atoms with Crippen LogP contribution in [0.5, 0.6) is 0 Å². The number of anilines is 2. The Morgan fingerprint density at radius 3 is 2.84 bits per heavy atom.